The van der Waals surface area contributed by atoms with E-state index < -0.39 is 0 Å². The first-order valence-electron chi connectivity index (χ1n) is 6.63. The Morgan fingerprint density at radius 1 is 1.29 bits per heavy atom. The van der Waals surface area contributed by atoms with Crippen molar-refractivity contribution in [1.29, 1.82) is 0 Å². The first-order chi connectivity index (χ1) is 10.3. The summed E-state index contributed by atoms with van der Waals surface area (Å²) in [6.07, 6.45) is 0. The van der Waals surface area contributed by atoms with Crippen molar-refractivity contribution in [2.24, 2.45) is 4.99 Å². The summed E-state index contributed by atoms with van der Waals surface area (Å²) in [5, 5.41) is 8.40. The molecule has 0 aliphatic heterocycles. The van der Waals surface area contributed by atoms with Gasteiger partial charge in [0.15, 0.2) is 5.96 Å². The fraction of sp³-hybridized carbons (Fsp3) is 0.267. The molecule has 0 spiro atoms. The Bertz CT molecular complexity index is 572. The fourth-order valence-corrected chi connectivity index (χ4v) is 2.34. The van der Waals surface area contributed by atoms with Crippen molar-refractivity contribution >= 4 is 17.3 Å². The Morgan fingerprint density at radius 2 is 2.19 bits per heavy atom. The van der Waals surface area contributed by atoms with Crippen molar-refractivity contribution in [2.75, 3.05) is 20.2 Å². The Hall–Kier alpha value is -2.08. The number of aliphatic imine (C=N–C) groups is 1. The molecule has 1 heterocycles. The Kier molecular flexibility index (Phi) is 6.02. The van der Waals surface area contributed by atoms with Crippen LogP contribution in [0.25, 0.3) is 0 Å². The standard InChI is InChI=1S/C15H18FN3OS/c1-17-15(19-11-14-6-3-9-21-14)18-7-8-20-13-5-2-4-12(16)10-13/h2-6,9-10H,7-8,11H2,1H3,(H2,17,18,19). The molecule has 0 fully saturated rings. The molecule has 0 unspecified atom stereocenters. The molecule has 0 atom stereocenters. The highest BCUT2D eigenvalue weighted by molar-refractivity contribution is 7.09. The number of benzene rings is 1. The lowest BCUT2D eigenvalue weighted by Crippen LogP contribution is -2.38. The number of ether oxygens (including phenoxy) is 1. The summed E-state index contributed by atoms with van der Waals surface area (Å²) in [6, 6.07) is 10.2. The van der Waals surface area contributed by atoms with Gasteiger partial charge in [0.25, 0.3) is 0 Å². The van der Waals surface area contributed by atoms with Crippen molar-refractivity contribution in [2.45, 2.75) is 6.54 Å². The monoisotopic (exact) mass is 307 g/mol. The molecule has 1 aromatic heterocycles. The van der Waals surface area contributed by atoms with Crippen molar-refractivity contribution in [3.05, 3.63) is 52.5 Å². The quantitative estimate of drug-likeness (QED) is 0.490. The molecule has 0 aliphatic carbocycles. The third-order valence-corrected chi connectivity index (χ3v) is 3.57. The number of nitrogens with zero attached hydrogens (tertiary/aromatic N) is 1. The number of guanidine groups is 1. The van der Waals surface area contributed by atoms with Crippen molar-refractivity contribution in [3.8, 4) is 5.75 Å². The molecule has 0 saturated heterocycles. The minimum atomic E-state index is -0.297. The third kappa shape index (κ3) is 5.43. The topological polar surface area (TPSA) is 45.7 Å². The molecule has 112 valence electrons. The predicted molar refractivity (Wildman–Crippen MR) is 84.4 cm³/mol. The normalized spacial score (nSPS) is 11.2. The number of thiophene rings is 1. The van der Waals surface area contributed by atoms with Crippen LogP contribution in [-0.4, -0.2) is 26.2 Å². The van der Waals surface area contributed by atoms with Crippen LogP contribution in [0.15, 0.2) is 46.8 Å². The van der Waals surface area contributed by atoms with Gasteiger partial charge in [-0.25, -0.2) is 4.39 Å². The number of hydrogen-bond donors (Lipinski definition) is 2. The highest BCUT2D eigenvalue weighted by atomic mass is 32.1. The Labute approximate surface area is 127 Å². The van der Waals surface area contributed by atoms with E-state index in [2.05, 4.69) is 21.7 Å². The molecule has 0 amide bonds. The smallest absolute Gasteiger partial charge is 0.191 e. The molecule has 0 bridgehead atoms. The first-order valence-corrected chi connectivity index (χ1v) is 7.51. The molecular formula is C15H18FN3OS. The third-order valence-electron chi connectivity index (χ3n) is 2.69. The summed E-state index contributed by atoms with van der Waals surface area (Å²) in [7, 11) is 1.72. The second-order valence-electron chi connectivity index (χ2n) is 4.24. The van der Waals surface area contributed by atoms with Crippen LogP contribution in [0, 0.1) is 5.82 Å². The fourth-order valence-electron chi connectivity index (χ4n) is 1.70. The number of nitrogens with one attached hydrogen (secondary N) is 2. The van der Waals surface area contributed by atoms with Crippen LogP contribution in [0.1, 0.15) is 4.88 Å². The maximum Gasteiger partial charge on any atom is 0.191 e. The van der Waals surface area contributed by atoms with E-state index in [4.69, 9.17) is 4.74 Å². The van der Waals surface area contributed by atoms with E-state index in [0.717, 1.165) is 6.54 Å². The van der Waals surface area contributed by atoms with Gasteiger partial charge in [0.05, 0.1) is 13.1 Å². The van der Waals surface area contributed by atoms with E-state index in [1.165, 1.54) is 17.0 Å². The summed E-state index contributed by atoms with van der Waals surface area (Å²) in [6.45, 7) is 1.76. The minimum absolute atomic E-state index is 0.297. The molecule has 6 heteroatoms. The van der Waals surface area contributed by atoms with Gasteiger partial charge < -0.3 is 15.4 Å². The van der Waals surface area contributed by atoms with Gasteiger partial charge in [-0.2, -0.15) is 0 Å². The summed E-state index contributed by atoms with van der Waals surface area (Å²) >= 11 is 1.70. The van der Waals surface area contributed by atoms with Crippen molar-refractivity contribution < 1.29 is 9.13 Å². The van der Waals surface area contributed by atoms with Gasteiger partial charge in [0.2, 0.25) is 0 Å². The molecule has 1 aromatic carbocycles. The van der Waals surface area contributed by atoms with Gasteiger partial charge in [-0.1, -0.05) is 12.1 Å². The second-order valence-corrected chi connectivity index (χ2v) is 5.27. The molecule has 2 aromatic rings. The molecule has 21 heavy (non-hydrogen) atoms. The van der Waals surface area contributed by atoms with E-state index in [9.17, 15) is 4.39 Å². The Morgan fingerprint density at radius 3 is 2.90 bits per heavy atom. The molecule has 4 nitrogen and oxygen atoms in total. The minimum Gasteiger partial charge on any atom is -0.492 e. The largest absolute Gasteiger partial charge is 0.492 e. The highest BCUT2D eigenvalue weighted by Crippen LogP contribution is 2.11. The molecular weight excluding hydrogens is 289 g/mol. The Balaban J connectivity index is 1.66. The molecule has 0 aliphatic rings. The predicted octanol–water partition coefficient (Wildman–Crippen LogP) is 2.63. The SMILES string of the molecule is CN=C(NCCOc1cccc(F)c1)NCc1cccs1. The van der Waals surface area contributed by atoms with Crippen LogP contribution in [0.3, 0.4) is 0 Å². The first kappa shape index (κ1) is 15.3. The van der Waals surface area contributed by atoms with Gasteiger partial charge >= 0.3 is 0 Å². The molecule has 0 saturated carbocycles. The lowest BCUT2D eigenvalue weighted by Gasteiger charge is -2.12. The van der Waals surface area contributed by atoms with Gasteiger partial charge in [0, 0.05) is 18.0 Å². The van der Waals surface area contributed by atoms with E-state index in [0.29, 0.717) is 24.9 Å². The summed E-state index contributed by atoms with van der Waals surface area (Å²) in [4.78, 5) is 5.37. The van der Waals surface area contributed by atoms with E-state index in [-0.39, 0.29) is 5.82 Å². The maximum atomic E-state index is 13.0. The maximum absolute atomic E-state index is 13.0. The van der Waals surface area contributed by atoms with E-state index >= 15 is 0 Å². The molecule has 2 N–H and O–H groups in total. The lowest BCUT2D eigenvalue weighted by molar-refractivity contribution is 0.320. The number of rotatable bonds is 6. The molecule has 2 rings (SSSR count). The number of halogens is 1. The average Bonchev–Trinajstić information content (AvgIpc) is 3.00. The van der Waals surface area contributed by atoms with Crippen LogP contribution < -0.4 is 15.4 Å². The zero-order chi connectivity index (χ0) is 14.9. The van der Waals surface area contributed by atoms with Crippen LogP contribution in [0.2, 0.25) is 0 Å². The van der Waals surface area contributed by atoms with Gasteiger partial charge in [-0.3, -0.25) is 4.99 Å². The van der Waals surface area contributed by atoms with Crippen LogP contribution >= 0.6 is 11.3 Å². The summed E-state index contributed by atoms with van der Waals surface area (Å²) < 4.78 is 18.4. The van der Waals surface area contributed by atoms with E-state index in [1.807, 2.05) is 11.4 Å². The summed E-state index contributed by atoms with van der Waals surface area (Å²) in [5.74, 6) is 0.943. The second kappa shape index (κ2) is 8.26. The number of hydrogen-bond acceptors (Lipinski definition) is 3. The van der Waals surface area contributed by atoms with Crippen molar-refractivity contribution in [3.63, 3.8) is 0 Å². The molecule has 0 radical (unpaired) electrons. The van der Waals surface area contributed by atoms with Gasteiger partial charge in [-0.15, -0.1) is 11.3 Å². The van der Waals surface area contributed by atoms with Gasteiger partial charge in [0.1, 0.15) is 18.2 Å². The highest BCUT2D eigenvalue weighted by Gasteiger charge is 1.99. The zero-order valence-corrected chi connectivity index (χ0v) is 12.6. The lowest BCUT2D eigenvalue weighted by atomic mass is 10.3. The van der Waals surface area contributed by atoms with Crippen molar-refractivity contribution in [1.82, 2.24) is 10.6 Å². The van der Waals surface area contributed by atoms with E-state index in [1.54, 1.807) is 30.5 Å². The zero-order valence-electron chi connectivity index (χ0n) is 11.8. The summed E-state index contributed by atoms with van der Waals surface area (Å²) in [5.41, 5.74) is 0. The van der Waals surface area contributed by atoms with Gasteiger partial charge in [-0.05, 0) is 23.6 Å². The van der Waals surface area contributed by atoms with Crippen LogP contribution in [0.5, 0.6) is 5.75 Å². The van der Waals surface area contributed by atoms with Crippen LogP contribution in [0.4, 0.5) is 4.39 Å². The van der Waals surface area contributed by atoms with Crippen LogP contribution in [-0.2, 0) is 6.54 Å². The average molecular weight is 307 g/mol.